The maximum atomic E-state index is 9.42. The van der Waals surface area contributed by atoms with Crippen LogP contribution in [0.4, 0.5) is 0 Å². The molecule has 1 unspecified atom stereocenters. The van der Waals surface area contributed by atoms with Crippen LogP contribution in [-0.4, -0.2) is 47.7 Å². The van der Waals surface area contributed by atoms with Crippen molar-refractivity contribution in [2.45, 2.75) is 33.4 Å². The lowest BCUT2D eigenvalue weighted by atomic mass is 10.0. The Hall–Kier alpha value is -1.41. The topological polar surface area (TPSA) is 50.5 Å². The number of aliphatic hydroxyl groups excluding tert-OH is 1. The van der Waals surface area contributed by atoms with E-state index in [4.69, 9.17) is 5.11 Å². The molecule has 0 saturated heterocycles. The molecule has 0 aliphatic heterocycles. The Kier molecular flexibility index (Phi) is 7.99. The monoisotopic (exact) mass is 289 g/mol. The van der Waals surface area contributed by atoms with Crippen LogP contribution in [0.1, 0.15) is 37.9 Å². The van der Waals surface area contributed by atoms with Gasteiger partial charge in [0, 0.05) is 13.1 Å². The van der Waals surface area contributed by atoms with Crippen molar-refractivity contribution in [3.8, 4) is 6.07 Å². The van der Waals surface area contributed by atoms with E-state index in [-0.39, 0.29) is 12.6 Å². The minimum Gasteiger partial charge on any atom is -0.395 e. The van der Waals surface area contributed by atoms with E-state index in [0.717, 1.165) is 31.7 Å². The molecular formula is C17H27N3O. The number of aliphatic hydroxyl groups is 1. The Morgan fingerprint density at radius 1 is 1.10 bits per heavy atom. The summed E-state index contributed by atoms with van der Waals surface area (Å²) in [7, 11) is 0. The van der Waals surface area contributed by atoms with Gasteiger partial charge < -0.3 is 5.11 Å². The number of benzene rings is 1. The molecule has 1 aromatic rings. The molecule has 0 heterocycles. The molecule has 1 aromatic carbocycles. The summed E-state index contributed by atoms with van der Waals surface area (Å²) in [5.74, 6) is 0. The van der Waals surface area contributed by atoms with Crippen molar-refractivity contribution in [1.82, 2.24) is 9.80 Å². The lowest BCUT2D eigenvalue weighted by Crippen LogP contribution is -2.30. The van der Waals surface area contributed by atoms with Gasteiger partial charge in [-0.3, -0.25) is 9.80 Å². The Labute approximate surface area is 128 Å². The van der Waals surface area contributed by atoms with Crippen molar-refractivity contribution in [2.24, 2.45) is 0 Å². The smallest absolute Gasteiger partial charge is 0.123 e. The van der Waals surface area contributed by atoms with Gasteiger partial charge in [-0.05, 0) is 30.8 Å². The Bertz CT molecular complexity index is 434. The van der Waals surface area contributed by atoms with Crippen LogP contribution in [-0.2, 0) is 6.54 Å². The lowest BCUT2D eigenvalue weighted by molar-refractivity contribution is 0.180. The second kappa shape index (κ2) is 9.51. The van der Waals surface area contributed by atoms with Gasteiger partial charge in [0.15, 0.2) is 0 Å². The fourth-order valence-corrected chi connectivity index (χ4v) is 2.48. The van der Waals surface area contributed by atoms with Crippen LogP contribution in [0.3, 0.4) is 0 Å². The van der Waals surface area contributed by atoms with E-state index < -0.39 is 0 Å². The van der Waals surface area contributed by atoms with Crippen LogP contribution in [0.15, 0.2) is 24.3 Å². The molecule has 4 nitrogen and oxygen atoms in total. The van der Waals surface area contributed by atoms with Gasteiger partial charge in [0.25, 0.3) is 0 Å². The van der Waals surface area contributed by atoms with E-state index in [9.17, 15) is 5.26 Å². The third-order valence-electron chi connectivity index (χ3n) is 3.88. The molecule has 0 aliphatic rings. The summed E-state index contributed by atoms with van der Waals surface area (Å²) in [6, 6.07) is 10.3. The molecule has 0 fully saturated rings. The van der Waals surface area contributed by atoms with Gasteiger partial charge in [0.05, 0.1) is 12.7 Å². The summed E-state index contributed by atoms with van der Waals surface area (Å²) in [5, 5.41) is 18.5. The third-order valence-corrected chi connectivity index (χ3v) is 3.88. The number of nitriles is 1. The second-order valence-corrected chi connectivity index (χ2v) is 5.09. The van der Waals surface area contributed by atoms with Gasteiger partial charge in [0.2, 0.25) is 0 Å². The number of hydrogen-bond donors (Lipinski definition) is 1. The lowest BCUT2D eigenvalue weighted by Gasteiger charge is -2.25. The maximum absolute atomic E-state index is 9.42. The van der Waals surface area contributed by atoms with Gasteiger partial charge in [-0.15, -0.1) is 0 Å². The molecule has 1 atom stereocenters. The molecule has 0 radical (unpaired) electrons. The van der Waals surface area contributed by atoms with Crippen molar-refractivity contribution >= 4 is 0 Å². The van der Waals surface area contributed by atoms with Gasteiger partial charge in [-0.1, -0.05) is 45.0 Å². The zero-order chi connectivity index (χ0) is 15.7. The quantitative estimate of drug-likeness (QED) is 0.758. The number of hydrogen-bond acceptors (Lipinski definition) is 4. The van der Waals surface area contributed by atoms with Crippen molar-refractivity contribution in [2.75, 3.05) is 32.8 Å². The molecule has 0 amide bonds. The molecule has 21 heavy (non-hydrogen) atoms. The predicted octanol–water partition coefficient (Wildman–Crippen LogP) is 2.41. The Morgan fingerprint density at radius 3 is 2.14 bits per heavy atom. The van der Waals surface area contributed by atoms with Crippen LogP contribution in [0, 0.1) is 11.3 Å². The molecule has 0 aliphatic carbocycles. The minimum atomic E-state index is -0.287. The second-order valence-electron chi connectivity index (χ2n) is 5.09. The molecule has 1 rings (SSSR count). The molecule has 0 spiro atoms. The largest absolute Gasteiger partial charge is 0.395 e. The van der Waals surface area contributed by atoms with Gasteiger partial charge >= 0.3 is 0 Å². The van der Waals surface area contributed by atoms with E-state index >= 15 is 0 Å². The summed E-state index contributed by atoms with van der Waals surface area (Å²) < 4.78 is 0. The number of likely N-dealkylation sites (N-methyl/N-ethyl adjacent to an activating group) is 1. The molecule has 0 bridgehead atoms. The number of nitrogens with zero attached hydrogens (tertiary/aromatic N) is 3. The maximum Gasteiger partial charge on any atom is 0.123 e. The third kappa shape index (κ3) is 5.13. The summed E-state index contributed by atoms with van der Waals surface area (Å²) in [4.78, 5) is 4.35. The molecule has 0 aromatic heterocycles. The highest BCUT2D eigenvalue weighted by Crippen LogP contribution is 2.20. The van der Waals surface area contributed by atoms with E-state index in [1.165, 1.54) is 5.56 Å². The average Bonchev–Trinajstić information content (AvgIpc) is 2.53. The fraction of sp³-hybridized carbons (Fsp3) is 0.588. The minimum absolute atomic E-state index is 0.0755. The standard InChI is InChI=1S/C17H27N3O/c1-4-19(5-2)14-15-7-9-16(10-8-15)17(13-18)20(6-3)11-12-21/h7-10,17,21H,4-6,11-12,14H2,1-3H3. The first kappa shape index (κ1) is 17.6. The summed E-state index contributed by atoms with van der Waals surface area (Å²) >= 11 is 0. The summed E-state index contributed by atoms with van der Waals surface area (Å²) in [6.45, 7) is 10.7. The van der Waals surface area contributed by atoms with Crippen molar-refractivity contribution in [1.29, 1.82) is 5.26 Å². The van der Waals surface area contributed by atoms with Gasteiger partial charge in [-0.25, -0.2) is 0 Å². The first-order valence-electron chi connectivity index (χ1n) is 7.75. The summed E-state index contributed by atoms with van der Waals surface area (Å²) in [5.41, 5.74) is 2.26. The molecule has 116 valence electrons. The van der Waals surface area contributed by atoms with E-state index in [2.05, 4.69) is 36.9 Å². The molecule has 4 heteroatoms. The van der Waals surface area contributed by atoms with Crippen LogP contribution in [0.2, 0.25) is 0 Å². The first-order chi connectivity index (χ1) is 10.2. The normalized spacial score (nSPS) is 12.6. The van der Waals surface area contributed by atoms with Crippen LogP contribution < -0.4 is 0 Å². The highest BCUT2D eigenvalue weighted by molar-refractivity contribution is 5.28. The van der Waals surface area contributed by atoms with Gasteiger partial charge in [-0.2, -0.15) is 5.26 Å². The van der Waals surface area contributed by atoms with Crippen LogP contribution >= 0.6 is 0 Å². The Balaban J connectivity index is 2.82. The van der Waals surface area contributed by atoms with E-state index in [1.807, 2.05) is 24.0 Å². The zero-order valence-corrected chi connectivity index (χ0v) is 13.4. The first-order valence-corrected chi connectivity index (χ1v) is 7.75. The van der Waals surface area contributed by atoms with Crippen molar-refractivity contribution < 1.29 is 5.11 Å². The molecule has 0 saturated carbocycles. The highest BCUT2D eigenvalue weighted by atomic mass is 16.3. The summed E-state index contributed by atoms with van der Waals surface area (Å²) in [6.07, 6.45) is 0. The SMILES string of the molecule is CCN(CC)Cc1ccc(C(C#N)N(CC)CCO)cc1. The fourth-order valence-electron chi connectivity index (χ4n) is 2.48. The average molecular weight is 289 g/mol. The van der Waals surface area contributed by atoms with Crippen molar-refractivity contribution in [3.05, 3.63) is 35.4 Å². The predicted molar refractivity (Wildman–Crippen MR) is 85.8 cm³/mol. The van der Waals surface area contributed by atoms with Crippen LogP contribution in [0.25, 0.3) is 0 Å². The molecular weight excluding hydrogens is 262 g/mol. The van der Waals surface area contributed by atoms with Crippen LogP contribution in [0.5, 0.6) is 0 Å². The Morgan fingerprint density at radius 2 is 1.71 bits per heavy atom. The van der Waals surface area contributed by atoms with E-state index in [1.54, 1.807) is 0 Å². The highest BCUT2D eigenvalue weighted by Gasteiger charge is 2.18. The molecule has 1 N–H and O–H groups in total. The number of rotatable bonds is 9. The zero-order valence-electron chi connectivity index (χ0n) is 13.4. The van der Waals surface area contributed by atoms with Crippen molar-refractivity contribution in [3.63, 3.8) is 0 Å². The van der Waals surface area contributed by atoms with E-state index in [0.29, 0.717) is 6.54 Å². The van der Waals surface area contributed by atoms with Gasteiger partial charge in [0.1, 0.15) is 6.04 Å².